The third-order valence-corrected chi connectivity index (χ3v) is 4.52. The number of nitrogens with zero attached hydrogens (tertiary/aromatic N) is 3. The minimum atomic E-state index is -3.79. The summed E-state index contributed by atoms with van der Waals surface area (Å²) in [6.45, 7) is 9.09. The van der Waals surface area contributed by atoms with Crippen molar-refractivity contribution in [3.8, 4) is 0 Å². The first-order chi connectivity index (χ1) is 11.4. The number of benzene rings is 1. The van der Waals surface area contributed by atoms with Crippen molar-refractivity contribution in [3.05, 3.63) is 60.4 Å². The fraction of sp³-hybridized carbons (Fsp3) is 0.176. The minimum absolute atomic E-state index is 0.0489. The van der Waals surface area contributed by atoms with Crippen LogP contribution < -0.4 is 4.72 Å². The molecule has 2 rings (SSSR count). The van der Waals surface area contributed by atoms with E-state index in [1.54, 1.807) is 31.3 Å². The number of hydrogen-bond acceptors (Lipinski definition) is 3. The summed E-state index contributed by atoms with van der Waals surface area (Å²) < 4.78 is 29.5. The monoisotopic (exact) mass is 344 g/mol. The van der Waals surface area contributed by atoms with Crippen molar-refractivity contribution in [2.24, 2.45) is 9.98 Å². The summed E-state index contributed by atoms with van der Waals surface area (Å²) >= 11 is 0. The Bertz CT molecular complexity index is 888. The van der Waals surface area contributed by atoms with Crippen molar-refractivity contribution in [2.45, 2.75) is 25.8 Å². The van der Waals surface area contributed by atoms with Gasteiger partial charge in [0.2, 0.25) is 5.96 Å². The van der Waals surface area contributed by atoms with Gasteiger partial charge in [-0.3, -0.25) is 9.29 Å². The molecule has 0 atom stereocenters. The zero-order valence-corrected chi connectivity index (χ0v) is 14.7. The van der Waals surface area contributed by atoms with Crippen LogP contribution in [0.1, 0.15) is 18.1 Å². The summed E-state index contributed by atoms with van der Waals surface area (Å²) in [4.78, 5) is 8.11. The van der Waals surface area contributed by atoms with E-state index in [2.05, 4.69) is 21.3 Å². The Morgan fingerprint density at radius 2 is 1.92 bits per heavy atom. The van der Waals surface area contributed by atoms with E-state index in [4.69, 9.17) is 0 Å². The number of aromatic nitrogens is 1. The lowest BCUT2D eigenvalue weighted by molar-refractivity contribution is 0.596. The van der Waals surface area contributed by atoms with Crippen molar-refractivity contribution in [1.29, 1.82) is 0 Å². The average molecular weight is 344 g/mol. The van der Waals surface area contributed by atoms with Crippen molar-refractivity contribution >= 4 is 27.9 Å². The number of aryl methyl sites for hydroxylation is 2. The van der Waals surface area contributed by atoms with Crippen molar-refractivity contribution in [3.63, 3.8) is 0 Å². The number of rotatable bonds is 4. The van der Waals surface area contributed by atoms with Crippen molar-refractivity contribution in [1.82, 2.24) is 4.57 Å². The Hall–Kier alpha value is -2.67. The van der Waals surface area contributed by atoms with Gasteiger partial charge in [0.15, 0.2) is 5.03 Å². The van der Waals surface area contributed by atoms with Crippen LogP contribution in [0.25, 0.3) is 0 Å². The van der Waals surface area contributed by atoms with Gasteiger partial charge in [0, 0.05) is 24.3 Å². The first-order valence-electron chi connectivity index (χ1n) is 7.33. The number of anilines is 1. The Morgan fingerprint density at radius 3 is 2.50 bits per heavy atom. The van der Waals surface area contributed by atoms with Gasteiger partial charge in [-0.15, -0.1) is 0 Å². The van der Waals surface area contributed by atoms with Crippen LogP contribution >= 0.6 is 0 Å². The molecule has 126 valence electrons. The molecule has 0 bridgehead atoms. The lowest BCUT2D eigenvalue weighted by atomic mass is 10.1. The highest BCUT2D eigenvalue weighted by Gasteiger charge is 2.20. The van der Waals surface area contributed by atoms with Gasteiger partial charge in [-0.2, -0.15) is 8.42 Å². The predicted molar refractivity (Wildman–Crippen MR) is 98.4 cm³/mol. The highest BCUT2D eigenvalue weighted by Crippen LogP contribution is 2.19. The number of aliphatic imine (C=N–C) groups is 2. The summed E-state index contributed by atoms with van der Waals surface area (Å²) in [5, 5.41) is 0.0489. The van der Waals surface area contributed by atoms with Gasteiger partial charge in [0.05, 0.1) is 0 Å². The molecule has 0 fully saturated rings. The summed E-state index contributed by atoms with van der Waals surface area (Å²) in [7, 11) is -3.79. The van der Waals surface area contributed by atoms with E-state index in [1.807, 2.05) is 19.9 Å². The molecule has 6 nitrogen and oxygen atoms in total. The minimum Gasteiger partial charge on any atom is -0.278 e. The van der Waals surface area contributed by atoms with Gasteiger partial charge in [-0.25, -0.2) is 9.98 Å². The number of sulfonamides is 1. The van der Waals surface area contributed by atoms with E-state index in [1.165, 1.54) is 23.0 Å². The predicted octanol–water partition coefficient (Wildman–Crippen LogP) is 3.34. The Labute approximate surface area is 142 Å². The van der Waals surface area contributed by atoms with Crippen LogP contribution in [0.4, 0.5) is 5.69 Å². The Balaban J connectivity index is 2.46. The van der Waals surface area contributed by atoms with Gasteiger partial charge >= 0.3 is 0 Å². The standard InChI is InChI=1S/C17H20N4O2S/c1-5-18-17(19-6-2)21-9-7-8-16(21)24(22,23)20-15-11-13(3)10-14(4)12-15/h5-12,20H,1H2,2-4H3. The molecule has 0 aliphatic rings. The molecule has 24 heavy (non-hydrogen) atoms. The van der Waals surface area contributed by atoms with Crippen LogP contribution in [0, 0.1) is 13.8 Å². The summed E-state index contributed by atoms with van der Waals surface area (Å²) in [6.07, 6.45) is 4.44. The largest absolute Gasteiger partial charge is 0.278 e. The summed E-state index contributed by atoms with van der Waals surface area (Å²) in [5.41, 5.74) is 2.47. The lowest BCUT2D eigenvalue weighted by Gasteiger charge is -2.12. The Morgan fingerprint density at radius 1 is 1.25 bits per heavy atom. The molecule has 0 saturated heterocycles. The molecule has 0 aliphatic heterocycles. The van der Waals surface area contributed by atoms with Crippen LogP contribution in [-0.2, 0) is 10.0 Å². The molecule has 1 aromatic carbocycles. The fourth-order valence-electron chi connectivity index (χ4n) is 2.35. The third kappa shape index (κ3) is 3.99. The third-order valence-electron chi connectivity index (χ3n) is 3.13. The van der Waals surface area contributed by atoms with E-state index < -0.39 is 10.0 Å². The summed E-state index contributed by atoms with van der Waals surface area (Å²) in [5.74, 6) is 0.221. The molecular weight excluding hydrogens is 324 g/mol. The maximum Gasteiger partial charge on any atom is 0.278 e. The van der Waals surface area contributed by atoms with Crippen LogP contribution in [0.3, 0.4) is 0 Å². The highest BCUT2D eigenvalue weighted by atomic mass is 32.2. The van der Waals surface area contributed by atoms with Crippen LogP contribution in [0.5, 0.6) is 0 Å². The molecule has 0 spiro atoms. The molecule has 0 amide bonds. The van der Waals surface area contributed by atoms with E-state index in [-0.39, 0.29) is 11.0 Å². The van der Waals surface area contributed by atoms with Gasteiger partial charge in [0.1, 0.15) is 0 Å². The quantitative estimate of drug-likeness (QED) is 0.682. The second kappa shape index (κ2) is 7.27. The highest BCUT2D eigenvalue weighted by molar-refractivity contribution is 7.92. The topological polar surface area (TPSA) is 75.8 Å². The number of hydrogen-bond donors (Lipinski definition) is 1. The molecule has 0 radical (unpaired) electrons. The maximum absolute atomic E-state index is 12.8. The Kier molecular flexibility index (Phi) is 5.35. The SMILES string of the molecule is C=CN=C(N=CC)n1cccc1S(=O)(=O)Nc1cc(C)cc(C)c1. The molecular formula is C17H20N4O2S. The van der Waals surface area contributed by atoms with Gasteiger partial charge in [-0.1, -0.05) is 12.6 Å². The van der Waals surface area contributed by atoms with E-state index in [9.17, 15) is 8.42 Å². The summed E-state index contributed by atoms with van der Waals surface area (Å²) in [6, 6.07) is 8.65. The molecule has 1 N–H and O–H groups in total. The van der Waals surface area contributed by atoms with Crippen molar-refractivity contribution < 1.29 is 8.42 Å². The zero-order valence-electron chi connectivity index (χ0n) is 13.9. The van der Waals surface area contributed by atoms with Crippen molar-refractivity contribution in [2.75, 3.05) is 4.72 Å². The zero-order chi connectivity index (χ0) is 17.7. The molecule has 0 unspecified atom stereocenters. The number of nitrogens with one attached hydrogen (secondary N) is 1. The smallest absolute Gasteiger partial charge is 0.278 e. The maximum atomic E-state index is 12.8. The molecule has 7 heteroatoms. The molecule has 1 aromatic heterocycles. The van der Waals surface area contributed by atoms with Crippen LogP contribution in [0.2, 0.25) is 0 Å². The van der Waals surface area contributed by atoms with E-state index in [0.717, 1.165) is 11.1 Å². The van der Waals surface area contributed by atoms with Gasteiger partial charge < -0.3 is 0 Å². The van der Waals surface area contributed by atoms with Gasteiger partial charge in [-0.05, 0) is 56.2 Å². The second-order valence-electron chi connectivity index (χ2n) is 5.20. The van der Waals surface area contributed by atoms with Crippen LogP contribution in [-0.4, -0.2) is 25.2 Å². The molecule has 0 saturated carbocycles. The fourth-order valence-corrected chi connectivity index (χ4v) is 3.54. The average Bonchev–Trinajstić information content (AvgIpc) is 2.95. The second-order valence-corrected chi connectivity index (χ2v) is 6.83. The normalized spacial score (nSPS) is 12.5. The molecule has 1 heterocycles. The lowest BCUT2D eigenvalue weighted by Crippen LogP contribution is -2.20. The molecule has 0 aliphatic carbocycles. The van der Waals surface area contributed by atoms with E-state index in [0.29, 0.717) is 5.69 Å². The van der Waals surface area contributed by atoms with Gasteiger partial charge in [0.25, 0.3) is 10.0 Å². The first kappa shape index (κ1) is 17.7. The first-order valence-corrected chi connectivity index (χ1v) is 8.82. The van der Waals surface area contributed by atoms with E-state index >= 15 is 0 Å². The molecule has 2 aromatic rings. The van der Waals surface area contributed by atoms with Crippen LogP contribution in [0.15, 0.2) is 64.3 Å².